The molecule has 2 nitrogen and oxygen atoms in total. The highest BCUT2D eigenvalue weighted by Gasteiger charge is 2.12. The van der Waals surface area contributed by atoms with Gasteiger partial charge in [-0.2, -0.15) is 5.10 Å². The molecular weight excluding hydrogens is 366 g/mol. The van der Waals surface area contributed by atoms with Crippen LogP contribution in [0.25, 0.3) is 0 Å². The molecule has 0 fully saturated rings. The van der Waals surface area contributed by atoms with Crippen molar-refractivity contribution in [2.24, 2.45) is 10.2 Å². The second-order valence-electron chi connectivity index (χ2n) is 7.15. The Hall–Kier alpha value is -3.14. The van der Waals surface area contributed by atoms with E-state index in [1.165, 1.54) is 12.1 Å². The first kappa shape index (κ1) is 20.6. The quantitative estimate of drug-likeness (QED) is 0.323. The van der Waals surface area contributed by atoms with Crippen molar-refractivity contribution in [1.82, 2.24) is 0 Å². The van der Waals surface area contributed by atoms with Gasteiger partial charge in [-0.3, -0.25) is 0 Å². The third kappa shape index (κ3) is 5.92. The SMILES string of the molecule is CC(F)CC(C)c1ccc(C(=NN=Cc2ccc(F)cc2)c2ccccc2)cc1. The highest BCUT2D eigenvalue weighted by Crippen LogP contribution is 2.23. The van der Waals surface area contributed by atoms with Crippen molar-refractivity contribution in [1.29, 1.82) is 0 Å². The van der Waals surface area contributed by atoms with Crippen LogP contribution in [0.3, 0.4) is 0 Å². The number of hydrogen-bond donors (Lipinski definition) is 0. The highest BCUT2D eigenvalue weighted by atomic mass is 19.1. The molecule has 29 heavy (non-hydrogen) atoms. The fourth-order valence-electron chi connectivity index (χ4n) is 3.17. The summed E-state index contributed by atoms with van der Waals surface area (Å²) in [5.74, 6) is -0.134. The van der Waals surface area contributed by atoms with Gasteiger partial charge in [0.15, 0.2) is 0 Å². The Bertz CT molecular complexity index is 960. The Balaban J connectivity index is 1.89. The average molecular weight is 390 g/mol. The summed E-state index contributed by atoms with van der Waals surface area (Å²) >= 11 is 0. The summed E-state index contributed by atoms with van der Waals surface area (Å²) in [6.45, 7) is 3.62. The van der Waals surface area contributed by atoms with Gasteiger partial charge in [0.05, 0.1) is 12.4 Å². The van der Waals surface area contributed by atoms with Crippen molar-refractivity contribution < 1.29 is 8.78 Å². The zero-order valence-electron chi connectivity index (χ0n) is 16.6. The van der Waals surface area contributed by atoms with Crippen LogP contribution in [-0.4, -0.2) is 18.1 Å². The van der Waals surface area contributed by atoms with Gasteiger partial charge in [0.1, 0.15) is 11.5 Å². The van der Waals surface area contributed by atoms with E-state index in [1.807, 2.05) is 61.5 Å². The van der Waals surface area contributed by atoms with Crippen LogP contribution in [0.4, 0.5) is 8.78 Å². The molecule has 0 heterocycles. The molecule has 3 aromatic rings. The predicted octanol–water partition coefficient (Wildman–Crippen LogP) is 6.55. The fourth-order valence-corrected chi connectivity index (χ4v) is 3.17. The molecule has 2 unspecified atom stereocenters. The van der Waals surface area contributed by atoms with E-state index in [1.54, 1.807) is 25.3 Å². The van der Waals surface area contributed by atoms with Gasteiger partial charge in [0.25, 0.3) is 0 Å². The Morgan fingerprint density at radius 3 is 2.10 bits per heavy atom. The van der Waals surface area contributed by atoms with Crippen LogP contribution in [0.2, 0.25) is 0 Å². The molecular formula is C25H24F2N2. The molecule has 4 heteroatoms. The largest absolute Gasteiger partial charge is 0.248 e. The van der Waals surface area contributed by atoms with Gasteiger partial charge in [0.2, 0.25) is 0 Å². The van der Waals surface area contributed by atoms with E-state index in [4.69, 9.17) is 0 Å². The molecule has 0 radical (unpaired) electrons. The minimum Gasteiger partial charge on any atom is -0.248 e. The van der Waals surface area contributed by atoms with Gasteiger partial charge >= 0.3 is 0 Å². The van der Waals surface area contributed by atoms with E-state index < -0.39 is 6.17 Å². The summed E-state index contributed by atoms with van der Waals surface area (Å²) in [6.07, 6.45) is 1.27. The van der Waals surface area contributed by atoms with Crippen LogP contribution in [0.5, 0.6) is 0 Å². The Kier molecular flexibility index (Phi) is 7.01. The van der Waals surface area contributed by atoms with Crippen molar-refractivity contribution in [3.05, 3.63) is 107 Å². The smallest absolute Gasteiger partial charge is 0.123 e. The fraction of sp³-hybridized carbons (Fsp3) is 0.200. The molecule has 3 rings (SSSR count). The third-order valence-corrected chi connectivity index (χ3v) is 4.71. The van der Waals surface area contributed by atoms with Crippen LogP contribution < -0.4 is 0 Å². The maximum atomic E-state index is 13.3. The number of rotatable bonds is 7. The molecule has 2 atom stereocenters. The molecule has 0 saturated carbocycles. The molecule has 0 N–H and O–H groups in total. The Morgan fingerprint density at radius 1 is 0.862 bits per heavy atom. The number of halogens is 2. The summed E-state index contributed by atoms with van der Waals surface area (Å²) in [7, 11) is 0. The number of benzene rings is 3. The van der Waals surface area contributed by atoms with Gasteiger partial charge in [-0.05, 0) is 42.5 Å². The minimum atomic E-state index is -0.827. The maximum absolute atomic E-state index is 13.3. The van der Waals surface area contributed by atoms with Crippen LogP contribution in [-0.2, 0) is 0 Å². The van der Waals surface area contributed by atoms with Gasteiger partial charge < -0.3 is 0 Å². The molecule has 0 aliphatic carbocycles. The molecule has 0 spiro atoms. The lowest BCUT2D eigenvalue weighted by Gasteiger charge is -2.13. The normalized spacial score (nSPS) is 14.1. The molecule has 0 saturated heterocycles. The van der Waals surface area contributed by atoms with Crippen LogP contribution >= 0.6 is 0 Å². The molecule has 0 amide bonds. The summed E-state index contributed by atoms with van der Waals surface area (Å²) in [5, 5.41) is 8.65. The second-order valence-corrected chi connectivity index (χ2v) is 7.15. The van der Waals surface area contributed by atoms with Crippen LogP contribution in [0.1, 0.15) is 48.4 Å². The summed E-state index contributed by atoms with van der Waals surface area (Å²) in [6, 6.07) is 23.9. The van der Waals surface area contributed by atoms with Crippen molar-refractivity contribution in [2.75, 3.05) is 0 Å². The molecule has 0 aliphatic rings. The number of hydrogen-bond acceptors (Lipinski definition) is 2. The van der Waals surface area contributed by atoms with E-state index in [0.717, 1.165) is 28.0 Å². The maximum Gasteiger partial charge on any atom is 0.123 e. The highest BCUT2D eigenvalue weighted by molar-refractivity contribution is 6.13. The predicted molar refractivity (Wildman–Crippen MR) is 116 cm³/mol. The van der Waals surface area contributed by atoms with Crippen molar-refractivity contribution in [3.63, 3.8) is 0 Å². The Morgan fingerprint density at radius 2 is 1.48 bits per heavy atom. The van der Waals surface area contributed by atoms with Gasteiger partial charge in [-0.1, -0.05) is 73.7 Å². The van der Waals surface area contributed by atoms with Crippen molar-refractivity contribution >= 4 is 11.9 Å². The van der Waals surface area contributed by atoms with Gasteiger partial charge in [0, 0.05) is 11.1 Å². The van der Waals surface area contributed by atoms with E-state index in [-0.39, 0.29) is 11.7 Å². The lowest BCUT2D eigenvalue weighted by Crippen LogP contribution is -2.05. The van der Waals surface area contributed by atoms with Crippen LogP contribution in [0.15, 0.2) is 89.1 Å². The zero-order valence-corrected chi connectivity index (χ0v) is 16.6. The van der Waals surface area contributed by atoms with E-state index in [9.17, 15) is 8.78 Å². The number of alkyl halides is 1. The first-order chi connectivity index (χ1) is 14.0. The first-order valence-electron chi connectivity index (χ1n) is 9.69. The van der Waals surface area contributed by atoms with Crippen molar-refractivity contribution in [3.8, 4) is 0 Å². The van der Waals surface area contributed by atoms with Crippen molar-refractivity contribution in [2.45, 2.75) is 32.4 Å². The second kappa shape index (κ2) is 9.87. The van der Waals surface area contributed by atoms with Crippen LogP contribution in [0, 0.1) is 5.82 Å². The molecule has 0 aromatic heterocycles. The molecule has 0 aliphatic heterocycles. The molecule has 0 bridgehead atoms. The lowest BCUT2D eigenvalue weighted by molar-refractivity contribution is 0.324. The monoisotopic (exact) mass is 390 g/mol. The Labute approximate surface area is 170 Å². The third-order valence-electron chi connectivity index (χ3n) is 4.71. The number of nitrogens with zero attached hydrogens (tertiary/aromatic N) is 2. The van der Waals surface area contributed by atoms with E-state index >= 15 is 0 Å². The summed E-state index contributed by atoms with van der Waals surface area (Å²) in [5.41, 5.74) is 4.48. The van der Waals surface area contributed by atoms with Gasteiger partial charge in [-0.15, -0.1) is 5.10 Å². The average Bonchev–Trinajstić information content (AvgIpc) is 2.73. The van der Waals surface area contributed by atoms with Gasteiger partial charge in [-0.25, -0.2) is 8.78 Å². The minimum absolute atomic E-state index is 0.151. The van der Waals surface area contributed by atoms with E-state index in [2.05, 4.69) is 10.2 Å². The first-order valence-corrected chi connectivity index (χ1v) is 9.69. The molecule has 148 valence electrons. The molecule has 3 aromatic carbocycles. The standard InChI is InChI=1S/C25H24F2N2/c1-18(16-19(2)26)21-10-12-23(13-11-21)25(22-6-4-3-5-7-22)29-28-17-20-8-14-24(27)15-9-20/h3-15,17-19H,16H2,1-2H3. The summed E-state index contributed by atoms with van der Waals surface area (Å²) < 4.78 is 26.4. The summed E-state index contributed by atoms with van der Waals surface area (Å²) in [4.78, 5) is 0. The zero-order chi connectivity index (χ0) is 20.6. The lowest BCUT2D eigenvalue weighted by atomic mass is 9.93. The van der Waals surface area contributed by atoms with E-state index in [0.29, 0.717) is 6.42 Å². The topological polar surface area (TPSA) is 24.7 Å².